The average molecular weight is 262 g/mol. The first-order chi connectivity index (χ1) is 8.99. The summed E-state index contributed by atoms with van der Waals surface area (Å²) >= 11 is 0. The lowest BCUT2D eigenvalue weighted by molar-refractivity contribution is 0.0697. The molecule has 2 rings (SSSR count). The molecule has 0 atom stereocenters. The molecule has 19 heavy (non-hydrogen) atoms. The predicted octanol–water partition coefficient (Wildman–Crippen LogP) is 2.22. The minimum atomic E-state index is -0.860. The Bertz CT molecular complexity index is 463. The zero-order valence-electron chi connectivity index (χ0n) is 11.9. The quantitative estimate of drug-likeness (QED) is 0.907. The third-order valence-corrected chi connectivity index (χ3v) is 3.98. The fourth-order valence-corrected chi connectivity index (χ4v) is 2.77. The van der Waals surface area contributed by atoms with E-state index in [1.54, 1.807) is 12.1 Å². The molecule has 1 aliphatic heterocycles. The third-order valence-electron chi connectivity index (χ3n) is 3.98. The summed E-state index contributed by atoms with van der Waals surface area (Å²) in [6, 6.07) is 6.06. The average Bonchev–Trinajstić information content (AvgIpc) is 2.38. The van der Waals surface area contributed by atoms with Crippen LogP contribution in [0.2, 0.25) is 0 Å². The molecule has 0 aromatic heterocycles. The fraction of sp³-hybridized carbons (Fsp3) is 0.533. The van der Waals surface area contributed by atoms with Crippen LogP contribution in [-0.2, 0) is 0 Å². The number of benzene rings is 1. The van der Waals surface area contributed by atoms with Crippen LogP contribution in [0.15, 0.2) is 18.2 Å². The van der Waals surface area contributed by atoms with Crippen LogP contribution in [0, 0.1) is 6.92 Å². The van der Waals surface area contributed by atoms with Crippen molar-refractivity contribution < 1.29 is 9.90 Å². The van der Waals surface area contributed by atoms with Crippen molar-refractivity contribution in [2.45, 2.75) is 25.8 Å². The molecule has 0 amide bonds. The summed E-state index contributed by atoms with van der Waals surface area (Å²) in [6.07, 6.45) is 2.32. The minimum absolute atomic E-state index is 0.365. The Morgan fingerprint density at radius 1 is 1.32 bits per heavy atom. The monoisotopic (exact) mass is 262 g/mol. The maximum absolute atomic E-state index is 10.9. The molecular formula is C15H22N2O2. The van der Waals surface area contributed by atoms with Gasteiger partial charge in [0.25, 0.3) is 0 Å². The van der Waals surface area contributed by atoms with Gasteiger partial charge in [-0.2, -0.15) is 0 Å². The Morgan fingerprint density at radius 3 is 2.42 bits per heavy atom. The molecule has 104 valence electrons. The summed E-state index contributed by atoms with van der Waals surface area (Å²) in [5.41, 5.74) is 2.58. The van der Waals surface area contributed by atoms with E-state index >= 15 is 0 Å². The largest absolute Gasteiger partial charge is 0.478 e. The van der Waals surface area contributed by atoms with E-state index in [2.05, 4.69) is 23.9 Å². The number of carboxylic acid groups (broad SMARTS) is 1. The van der Waals surface area contributed by atoms with Crippen LogP contribution in [0.25, 0.3) is 0 Å². The molecule has 0 aliphatic carbocycles. The molecule has 0 bridgehead atoms. The van der Waals surface area contributed by atoms with Gasteiger partial charge in [0.15, 0.2) is 0 Å². The highest BCUT2D eigenvalue weighted by atomic mass is 16.4. The first kappa shape index (κ1) is 13.9. The minimum Gasteiger partial charge on any atom is -0.478 e. The van der Waals surface area contributed by atoms with Gasteiger partial charge < -0.3 is 14.9 Å². The number of hydrogen-bond acceptors (Lipinski definition) is 3. The van der Waals surface area contributed by atoms with Crippen molar-refractivity contribution in [1.82, 2.24) is 4.90 Å². The number of piperidine rings is 1. The highest BCUT2D eigenvalue weighted by Gasteiger charge is 2.21. The van der Waals surface area contributed by atoms with Gasteiger partial charge in [0.05, 0.1) is 5.56 Å². The second-order valence-corrected chi connectivity index (χ2v) is 5.49. The number of aryl methyl sites for hydroxylation is 1. The topological polar surface area (TPSA) is 43.8 Å². The van der Waals surface area contributed by atoms with Gasteiger partial charge >= 0.3 is 5.97 Å². The van der Waals surface area contributed by atoms with E-state index in [4.69, 9.17) is 5.11 Å². The smallest absolute Gasteiger partial charge is 0.335 e. The summed E-state index contributed by atoms with van der Waals surface area (Å²) in [5, 5.41) is 8.99. The third kappa shape index (κ3) is 3.07. The zero-order valence-corrected chi connectivity index (χ0v) is 11.9. The first-order valence-corrected chi connectivity index (χ1v) is 6.74. The SMILES string of the molecule is Cc1cc(C(=O)O)ccc1N1CCC(N(C)C)CC1. The normalized spacial score (nSPS) is 16.9. The molecule has 0 unspecified atom stereocenters. The van der Waals surface area contributed by atoms with E-state index in [0.29, 0.717) is 11.6 Å². The molecule has 1 saturated heterocycles. The van der Waals surface area contributed by atoms with Gasteiger partial charge in [0.1, 0.15) is 0 Å². The van der Waals surface area contributed by atoms with Gasteiger partial charge in [-0.15, -0.1) is 0 Å². The van der Waals surface area contributed by atoms with E-state index in [9.17, 15) is 4.79 Å². The van der Waals surface area contributed by atoms with E-state index in [-0.39, 0.29) is 0 Å². The van der Waals surface area contributed by atoms with Crippen molar-refractivity contribution in [3.63, 3.8) is 0 Å². The Morgan fingerprint density at radius 2 is 1.95 bits per heavy atom. The fourth-order valence-electron chi connectivity index (χ4n) is 2.77. The van der Waals surface area contributed by atoms with E-state index < -0.39 is 5.97 Å². The van der Waals surface area contributed by atoms with Gasteiger partial charge in [-0.05, 0) is 57.6 Å². The summed E-state index contributed by atoms with van der Waals surface area (Å²) in [4.78, 5) is 15.6. The van der Waals surface area contributed by atoms with Crippen molar-refractivity contribution in [2.75, 3.05) is 32.1 Å². The Hall–Kier alpha value is -1.55. The molecule has 4 nitrogen and oxygen atoms in total. The standard InChI is InChI=1S/C15H22N2O2/c1-11-10-12(15(18)19)4-5-14(11)17-8-6-13(7-9-17)16(2)3/h4-5,10,13H,6-9H2,1-3H3,(H,18,19). The van der Waals surface area contributed by atoms with E-state index in [0.717, 1.165) is 31.5 Å². The number of anilines is 1. The summed E-state index contributed by atoms with van der Waals surface area (Å²) in [7, 11) is 4.26. The summed E-state index contributed by atoms with van der Waals surface area (Å²) in [5.74, 6) is -0.860. The van der Waals surface area contributed by atoms with Gasteiger partial charge in [0, 0.05) is 24.8 Å². The zero-order chi connectivity index (χ0) is 14.0. The van der Waals surface area contributed by atoms with Crippen LogP contribution < -0.4 is 4.90 Å². The second kappa shape index (κ2) is 5.61. The van der Waals surface area contributed by atoms with Crippen LogP contribution in [0.3, 0.4) is 0 Å². The lowest BCUT2D eigenvalue weighted by atomic mass is 10.0. The maximum atomic E-state index is 10.9. The molecule has 0 spiro atoms. The number of aromatic carboxylic acids is 1. The molecule has 1 heterocycles. The predicted molar refractivity (Wildman–Crippen MR) is 77.1 cm³/mol. The lowest BCUT2D eigenvalue weighted by Crippen LogP contribution is -2.42. The molecule has 4 heteroatoms. The van der Waals surface area contributed by atoms with Crippen molar-refractivity contribution in [3.05, 3.63) is 29.3 Å². The first-order valence-electron chi connectivity index (χ1n) is 6.74. The van der Waals surface area contributed by atoms with Crippen molar-refractivity contribution in [1.29, 1.82) is 0 Å². The van der Waals surface area contributed by atoms with Crippen LogP contribution in [-0.4, -0.2) is 49.2 Å². The van der Waals surface area contributed by atoms with Crippen LogP contribution in [0.1, 0.15) is 28.8 Å². The van der Waals surface area contributed by atoms with Gasteiger partial charge in [0.2, 0.25) is 0 Å². The van der Waals surface area contributed by atoms with Crippen molar-refractivity contribution in [3.8, 4) is 0 Å². The molecule has 1 aliphatic rings. The Kier molecular flexibility index (Phi) is 4.10. The van der Waals surface area contributed by atoms with Crippen LogP contribution in [0.4, 0.5) is 5.69 Å². The molecule has 1 aromatic rings. The number of hydrogen-bond donors (Lipinski definition) is 1. The highest BCUT2D eigenvalue weighted by molar-refractivity contribution is 5.88. The molecule has 1 fully saturated rings. The molecule has 0 saturated carbocycles. The maximum Gasteiger partial charge on any atom is 0.335 e. The molecule has 0 radical (unpaired) electrons. The van der Waals surface area contributed by atoms with Gasteiger partial charge in [-0.25, -0.2) is 4.79 Å². The second-order valence-electron chi connectivity index (χ2n) is 5.49. The van der Waals surface area contributed by atoms with Crippen molar-refractivity contribution >= 4 is 11.7 Å². The molecule has 1 aromatic carbocycles. The van der Waals surface area contributed by atoms with E-state index in [1.165, 1.54) is 5.69 Å². The summed E-state index contributed by atoms with van der Waals surface area (Å²) < 4.78 is 0. The van der Waals surface area contributed by atoms with Crippen LogP contribution >= 0.6 is 0 Å². The molecular weight excluding hydrogens is 240 g/mol. The Balaban J connectivity index is 2.09. The number of carbonyl (C=O) groups is 1. The van der Waals surface area contributed by atoms with E-state index in [1.807, 2.05) is 13.0 Å². The van der Waals surface area contributed by atoms with Gasteiger partial charge in [-0.3, -0.25) is 0 Å². The van der Waals surface area contributed by atoms with Crippen LogP contribution in [0.5, 0.6) is 0 Å². The molecule has 1 N–H and O–H groups in total. The van der Waals surface area contributed by atoms with Gasteiger partial charge in [-0.1, -0.05) is 0 Å². The summed E-state index contributed by atoms with van der Waals surface area (Å²) in [6.45, 7) is 4.06. The number of rotatable bonds is 3. The lowest BCUT2D eigenvalue weighted by Gasteiger charge is -2.37. The van der Waals surface area contributed by atoms with Crippen molar-refractivity contribution in [2.24, 2.45) is 0 Å². The highest BCUT2D eigenvalue weighted by Crippen LogP contribution is 2.25. The Labute approximate surface area is 114 Å². The number of carboxylic acids is 1. The number of nitrogens with zero attached hydrogens (tertiary/aromatic N) is 2.